The summed E-state index contributed by atoms with van der Waals surface area (Å²) in [4.78, 5) is 24.4. The highest BCUT2D eigenvalue weighted by atomic mass is 19.4. The number of hydrogen-bond donors (Lipinski definition) is 2. The van der Waals surface area contributed by atoms with Crippen LogP contribution >= 0.6 is 0 Å². The van der Waals surface area contributed by atoms with Crippen LogP contribution in [0.2, 0.25) is 0 Å². The zero-order valence-electron chi connectivity index (χ0n) is 16.8. The molecule has 0 bridgehead atoms. The molecule has 166 valence electrons. The minimum absolute atomic E-state index is 0.0758. The number of nitrogens with one attached hydrogen (secondary N) is 2. The quantitative estimate of drug-likeness (QED) is 0.682. The zero-order valence-corrected chi connectivity index (χ0v) is 16.8. The molecule has 3 aliphatic heterocycles. The lowest BCUT2D eigenvalue weighted by Gasteiger charge is -2.45. The molecule has 1 fully saturated rings. The summed E-state index contributed by atoms with van der Waals surface area (Å²) in [7, 11) is 0. The molecule has 2 aromatic carbocycles. The summed E-state index contributed by atoms with van der Waals surface area (Å²) in [6.07, 6.45) is -1.71. The smallest absolute Gasteiger partial charge is 0.416 e. The van der Waals surface area contributed by atoms with Crippen LogP contribution in [0.15, 0.2) is 42.5 Å². The number of ether oxygens (including phenoxy) is 2. The number of alkyl halides is 3. The highest BCUT2D eigenvalue weighted by Gasteiger charge is 2.46. The molecule has 9 heteroatoms. The monoisotopic (exact) mass is 444 g/mol. The second kappa shape index (κ2) is 7.37. The molecule has 0 saturated carbocycles. The number of hydrogen-bond acceptors (Lipinski definition) is 4. The Kier molecular flexibility index (Phi) is 4.74. The normalized spacial score (nSPS) is 20.0. The van der Waals surface area contributed by atoms with Crippen molar-refractivity contribution in [3.8, 4) is 5.75 Å². The zero-order chi connectivity index (χ0) is 22.5. The highest BCUT2D eigenvalue weighted by molar-refractivity contribution is 6.05. The van der Waals surface area contributed by atoms with Crippen LogP contribution < -0.4 is 15.4 Å². The number of carbonyl (C=O) groups excluding carboxylic acids is 2. The third-order valence-corrected chi connectivity index (χ3v) is 5.80. The van der Waals surface area contributed by atoms with Gasteiger partial charge in [0.1, 0.15) is 5.75 Å². The lowest BCUT2D eigenvalue weighted by Crippen LogP contribution is -2.55. The first-order chi connectivity index (χ1) is 15.2. The Balaban J connectivity index is 1.42. The number of rotatable bonds is 2. The third kappa shape index (κ3) is 3.84. The lowest BCUT2D eigenvalue weighted by molar-refractivity contribution is -0.161. The molecule has 2 aromatic rings. The van der Waals surface area contributed by atoms with Crippen LogP contribution in [0.5, 0.6) is 5.75 Å². The number of halogens is 3. The minimum Gasteiger partial charge on any atom is -0.481 e. The largest absolute Gasteiger partial charge is 0.481 e. The third-order valence-electron chi connectivity index (χ3n) is 5.80. The molecule has 0 radical (unpaired) electrons. The fourth-order valence-electron chi connectivity index (χ4n) is 4.17. The molecule has 3 aliphatic rings. The first-order valence-electron chi connectivity index (χ1n) is 10.1. The molecular formula is C23H19F3N2O4. The Labute approximate surface area is 181 Å². The summed E-state index contributed by atoms with van der Waals surface area (Å²) in [5, 5.41) is 5.55. The van der Waals surface area contributed by atoms with Gasteiger partial charge in [0.15, 0.2) is 5.60 Å². The maximum absolute atomic E-state index is 13.2. The van der Waals surface area contributed by atoms with Crippen LogP contribution in [-0.4, -0.2) is 30.6 Å². The number of carbonyl (C=O) groups is 2. The number of benzene rings is 2. The van der Waals surface area contributed by atoms with Gasteiger partial charge in [-0.25, -0.2) is 0 Å². The van der Waals surface area contributed by atoms with Crippen LogP contribution in [0.1, 0.15) is 29.5 Å². The second-order valence-corrected chi connectivity index (χ2v) is 8.24. The van der Waals surface area contributed by atoms with E-state index in [0.717, 1.165) is 17.7 Å². The summed E-state index contributed by atoms with van der Waals surface area (Å²) in [5.41, 5.74) is 1.61. The molecule has 1 spiro atoms. The van der Waals surface area contributed by atoms with Crippen LogP contribution in [0.3, 0.4) is 0 Å². The summed E-state index contributed by atoms with van der Waals surface area (Å²) >= 11 is 0. The van der Waals surface area contributed by atoms with Gasteiger partial charge in [0.2, 0.25) is 11.8 Å². The average molecular weight is 444 g/mol. The van der Waals surface area contributed by atoms with Crippen LogP contribution in [0, 0.1) is 0 Å². The van der Waals surface area contributed by atoms with Gasteiger partial charge in [0.25, 0.3) is 0 Å². The average Bonchev–Trinajstić information content (AvgIpc) is 2.71. The molecule has 3 heterocycles. The molecule has 5 rings (SSSR count). The molecule has 0 atom stereocenters. The molecule has 6 nitrogen and oxygen atoms in total. The second-order valence-electron chi connectivity index (χ2n) is 8.24. The van der Waals surface area contributed by atoms with E-state index >= 15 is 0 Å². The van der Waals surface area contributed by atoms with Crippen molar-refractivity contribution in [1.82, 2.24) is 0 Å². The van der Waals surface area contributed by atoms with Gasteiger partial charge in [-0.2, -0.15) is 13.2 Å². The Morgan fingerprint density at radius 3 is 2.66 bits per heavy atom. The van der Waals surface area contributed by atoms with Gasteiger partial charge in [-0.1, -0.05) is 12.1 Å². The SMILES string of the molecule is O=C(C=C1CC2(COC2)Oc2cc(C(F)(F)F)ccc21)Nc1ccc2c(c1)NC(=O)CC2. The predicted octanol–water partition coefficient (Wildman–Crippen LogP) is 4.16. The van der Waals surface area contributed by atoms with Crippen molar-refractivity contribution in [3.05, 3.63) is 59.2 Å². The molecular weight excluding hydrogens is 425 g/mol. The van der Waals surface area contributed by atoms with Crippen LogP contribution in [0.25, 0.3) is 5.57 Å². The van der Waals surface area contributed by atoms with E-state index in [4.69, 9.17) is 9.47 Å². The van der Waals surface area contributed by atoms with E-state index in [0.29, 0.717) is 41.8 Å². The molecule has 2 amide bonds. The number of fused-ring (bicyclic) bond motifs is 2. The van der Waals surface area contributed by atoms with Gasteiger partial charge in [-0.05, 0) is 41.8 Å². The molecule has 32 heavy (non-hydrogen) atoms. The Hall–Kier alpha value is -3.33. The van der Waals surface area contributed by atoms with Gasteiger partial charge in [0.05, 0.1) is 18.8 Å². The lowest BCUT2D eigenvalue weighted by atomic mass is 9.85. The molecule has 0 aromatic heterocycles. The summed E-state index contributed by atoms with van der Waals surface area (Å²) in [6.45, 7) is 0.484. The van der Waals surface area contributed by atoms with E-state index in [1.807, 2.05) is 6.07 Å². The number of anilines is 2. The van der Waals surface area contributed by atoms with E-state index in [-0.39, 0.29) is 24.9 Å². The Morgan fingerprint density at radius 1 is 1.12 bits per heavy atom. The molecule has 0 unspecified atom stereocenters. The van der Waals surface area contributed by atoms with Gasteiger partial charge in [0, 0.05) is 35.9 Å². The first kappa shape index (κ1) is 20.6. The summed E-state index contributed by atoms with van der Waals surface area (Å²) in [5.74, 6) is -0.414. The highest BCUT2D eigenvalue weighted by Crippen LogP contribution is 2.45. The molecule has 1 saturated heterocycles. The summed E-state index contributed by atoms with van der Waals surface area (Å²) < 4.78 is 50.6. The maximum Gasteiger partial charge on any atom is 0.416 e. The van der Waals surface area contributed by atoms with Crippen molar-refractivity contribution in [2.24, 2.45) is 0 Å². The van der Waals surface area contributed by atoms with Crippen molar-refractivity contribution in [3.63, 3.8) is 0 Å². The minimum atomic E-state index is -4.50. The van der Waals surface area contributed by atoms with Crippen LogP contribution in [0.4, 0.5) is 24.5 Å². The van der Waals surface area contributed by atoms with E-state index < -0.39 is 23.2 Å². The maximum atomic E-state index is 13.2. The van der Waals surface area contributed by atoms with E-state index in [9.17, 15) is 22.8 Å². The number of aryl methyl sites for hydroxylation is 1. The van der Waals surface area contributed by atoms with Gasteiger partial charge in [-0.15, -0.1) is 0 Å². The summed E-state index contributed by atoms with van der Waals surface area (Å²) in [6, 6.07) is 8.57. The molecule has 0 aliphatic carbocycles. The number of amides is 2. The van der Waals surface area contributed by atoms with Crippen molar-refractivity contribution in [1.29, 1.82) is 0 Å². The van der Waals surface area contributed by atoms with Crippen molar-refractivity contribution < 1.29 is 32.2 Å². The van der Waals surface area contributed by atoms with Gasteiger partial charge >= 0.3 is 6.18 Å². The topological polar surface area (TPSA) is 76.7 Å². The Morgan fingerprint density at radius 2 is 1.94 bits per heavy atom. The first-order valence-corrected chi connectivity index (χ1v) is 10.1. The fourth-order valence-corrected chi connectivity index (χ4v) is 4.17. The van der Waals surface area contributed by atoms with E-state index in [1.54, 1.807) is 12.1 Å². The van der Waals surface area contributed by atoms with Crippen molar-refractivity contribution >= 4 is 28.8 Å². The van der Waals surface area contributed by atoms with Crippen LogP contribution in [-0.2, 0) is 26.9 Å². The fraction of sp³-hybridized carbons (Fsp3) is 0.304. The van der Waals surface area contributed by atoms with E-state index in [2.05, 4.69) is 10.6 Å². The Bertz CT molecular complexity index is 1150. The van der Waals surface area contributed by atoms with Gasteiger partial charge in [-0.3, -0.25) is 9.59 Å². The standard InChI is InChI=1S/C23H19F3N2O4/c24-23(25,26)15-3-5-17-14(10-22(11-31-12-22)32-19(17)8-15)7-21(30)27-16-4-1-13-2-6-20(29)28-18(13)9-16/h1,3-5,7-9H,2,6,10-12H2,(H,27,30)(H,28,29). The van der Waals surface area contributed by atoms with Crippen molar-refractivity contribution in [2.75, 3.05) is 23.8 Å². The predicted molar refractivity (Wildman–Crippen MR) is 110 cm³/mol. The van der Waals surface area contributed by atoms with Gasteiger partial charge < -0.3 is 20.1 Å². The van der Waals surface area contributed by atoms with E-state index in [1.165, 1.54) is 12.1 Å². The van der Waals surface area contributed by atoms with Crippen molar-refractivity contribution in [2.45, 2.75) is 31.0 Å². The molecule has 2 N–H and O–H groups in total.